The molecule has 0 aliphatic carbocycles. The molecule has 0 bridgehead atoms. The van der Waals surface area contributed by atoms with E-state index in [9.17, 15) is 9.90 Å². The molecular formula is C40H51GeIrN2O2S-. The van der Waals surface area contributed by atoms with E-state index in [1.54, 1.807) is 11.3 Å². The van der Waals surface area contributed by atoms with E-state index in [1.807, 2.05) is 27.7 Å². The second kappa shape index (κ2) is 16.8. The van der Waals surface area contributed by atoms with Crippen molar-refractivity contribution in [3.8, 4) is 11.3 Å². The second-order valence-electron chi connectivity index (χ2n) is 13.7. The molecule has 0 spiro atoms. The fraction of sp³-hybridized carbons (Fsp3) is 0.425. The number of benzene rings is 3. The maximum atomic E-state index is 11.7. The number of ketones is 1. The molecule has 4 nitrogen and oxygen atoms in total. The van der Waals surface area contributed by atoms with Crippen molar-refractivity contribution in [2.75, 3.05) is 0 Å². The number of hydrogen-bond donors (Lipinski definition) is 1. The molecule has 2 aromatic heterocycles. The van der Waals surface area contributed by atoms with Gasteiger partial charge in [0.25, 0.3) is 0 Å². The molecule has 3 aromatic carbocycles. The third-order valence-corrected chi connectivity index (χ3v) is 15.0. The Morgan fingerprint density at radius 1 is 0.957 bits per heavy atom. The molecule has 0 aliphatic rings. The minimum atomic E-state index is -1.99. The van der Waals surface area contributed by atoms with Crippen LogP contribution in [-0.2, 0) is 24.9 Å². The summed E-state index contributed by atoms with van der Waals surface area (Å²) in [6.45, 7) is 14.8. The topological polar surface area (TPSA) is 63.1 Å². The average Bonchev–Trinajstić information content (AvgIpc) is 3.40. The first-order valence-corrected chi connectivity index (χ1v) is 25.0. The number of fused-ring (bicyclic) bond motifs is 4. The Bertz CT molecular complexity index is 1920. The molecular weight excluding hydrogens is 837 g/mol. The van der Waals surface area contributed by atoms with Gasteiger partial charge in [-0.05, 0) is 25.7 Å². The molecule has 0 atom stereocenters. The van der Waals surface area contributed by atoms with Crippen LogP contribution in [0.1, 0.15) is 85.6 Å². The number of carbonyl (C=O) groups excluding carboxylic acids is 1. The van der Waals surface area contributed by atoms with E-state index in [1.165, 1.54) is 31.7 Å². The van der Waals surface area contributed by atoms with Crippen molar-refractivity contribution in [1.29, 1.82) is 0 Å². The SMILES string of the molecule is CCC(CC)C(=O)/C=C(\O)C(CC)CC.[2H]c1nc(-c2[c-]c3ccccc3c(C(C)C)c2)c2sc3c(C)[c]([Ge]([CH3])([CH3])[CH3])ccc3c2n1.[Ir]. The number of aliphatic hydroxyl groups excluding tert-OH is 1. The van der Waals surface area contributed by atoms with Crippen LogP contribution in [0.15, 0.2) is 60.6 Å². The molecule has 0 unspecified atom stereocenters. The van der Waals surface area contributed by atoms with Gasteiger partial charge in [-0.15, -0.1) is 0 Å². The Morgan fingerprint density at radius 2 is 1.60 bits per heavy atom. The first-order valence-electron chi connectivity index (χ1n) is 17.4. The summed E-state index contributed by atoms with van der Waals surface area (Å²) in [4.78, 5) is 20.9. The normalized spacial score (nSPS) is 12.5. The molecule has 5 aromatic rings. The molecule has 0 amide bonds. The Labute approximate surface area is 303 Å². The third kappa shape index (κ3) is 8.62. The molecule has 0 fully saturated rings. The molecule has 47 heavy (non-hydrogen) atoms. The Balaban J connectivity index is 0.000000334. The van der Waals surface area contributed by atoms with Crippen molar-refractivity contribution in [2.45, 2.75) is 97.3 Å². The van der Waals surface area contributed by atoms with Crippen LogP contribution in [0.3, 0.4) is 0 Å². The number of aromatic nitrogens is 2. The minimum Gasteiger partial charge on any atom is 0 e. The van der Waals surface area contributed by atoms with E-state index in [4.69, 9.17) is 1.37 Å². The summed E-state index contributed by atoms with van der Waals surface area (Å²) in [7, 11) is 0. The third-order valence-electron chi connectivity index (χ3n) is 9.19. The van der Waals surface area contributed by atoms with Crippen LogP contribution in [0.4, 0.5) is 0 Å². The predicted molar refractivity (Wildman–Crippen MR) is 202 cm³/mol. The van der Waals surface area contributed by atoms with Gasteiger partial charge in [0, 0.05) is 38.0 Å². The molecule has 2 heterocycles. The van der Waals surface area contributed by atoms with E-state index < -0.39 is 13.3 Å². The molecule has 0 aliphatic heterocycles. The van der Waals surface area contributed by atoms with Gasteiger partial charge in [-0.1, -0.05) is 27.7 Å². The number of carbonyl (C=O) groups is 1. The van der Waals surface area contributed by atoms with E-state index in [0.717, 1.165) is 57.9 Å². The van der Waals surface area contributed by atoms with Crippen molar-refractivity contribution in [3.05, 3.63) is 77.8 Å². The Hall–Kier alpha value is -2.38. The van der Waals surface area contributed by atoms with E-state index in [0.29, 0.717) is 5.92 Å². The molecule has 253 valence electrons. The van der Waals surface area contributed by atoms with Crippen LogP contribution in [0, 0.1) is 24.8 Å². The van der Waals surface area contributed by atoms with Gasteiger partial charge < -0.3 is 5.11 Å². The van der Waals surface area contributed by atoms with Crippen LogP contribution < -0.4 is 4.40 Å². The van der Waals surface area contributed by atoms with Crippen LogP contribution >= 0.6 is 11.3 Å². The summed E-state index contributed by atoms with van der Waals surface area (Å²) in [6.07, 6.45) is 4.97. The quantitative estimate of drug-likeness (QED) is 0.0657. The Morgan fingerprint density at radius 3 is 2.19 bits per heavy atom. The van der Waals surface area contributed by atoms with E-state index in [2.05, 4.69) is 96.5 Å². The number of hydrogen-bond acceptors (Lipinski definition) is 5. The van der Waals surface area contributed by atoms with Crippen molar-refractivity contribution in [2.24, 2.45) is 11.8 Å². The fourth-order valence-corrected chi connectivity index (χ4v) is 11.7. The van der Waals surface area contributed by atoms with Gasteiger partial charge in [0.1, 0.15) is 0 Å². The average molecular weight is 890 g/mol. The van der Waals surface area contributed by atoms with Crippen molar-refractivity contribution in [3.63, 3.8) is 0 Å². The number of aryl methyl sites for hydroxylation is 1. The van der Waals surface area contributed by atoms with Gasteiger partial charge in [-0.25, -0.2) is 0 Å². The summed E-state index contributed by atoms with van der Waals surface area (Å²) in [5, 5.41) is 13.2. The van der Waals surface area contributed by atoms with Crippen LogP contribution in [0.2, 0.25) is 17.3 Å². The van der Waals surface area contributed by atoms with Crippen molar-refractivity contribution >= 4 is 65.9 Å². The number of aliphatic hydroxyl groups is 1. The summed E-state index contributed by atoms with van der Waals surface area (Å²) in [5.41, 5.74) is 5.33. The van der Waals surface area contributed by atoms with Gasteiger partial charge in [0.15, 0.2) is 5.78 Å². The number of nitrogens with zero attached hydrogens (tertiary/aromatic N) is 2. The van der Waals surface area contributed by atoms with Crippen molar-refractivity contribution in [1.82, 2.24) is 9.97 Å². The smallest absolute Gasteiger partial charge is 0 e. The standard InChI is InChI=1S/C27H27GeN2S.C13H24O2.Ir/c1-16(2)22-14-19(13-18-9-7-8-10-20(18)22)24-27-25(30-15-29-24)21-11-12-23(28(4,5)6)17(3)26(21)31-27;1-5-10(6-2)12(14)9-13(15)11(7-3)8-4;/h7-12,14-16H,1-6H3;9-11,14H,5-8H2,1-4H3;/q-1;;/b;12-9-;/i15D;;. The van der Waals surface area contributed by atoms with Gasteiger partial charge in [-0.3, -0.25) is 4.79 Å². The van der Waals surface area contributed by atoms with Gasteiger partial charge in [0.05, 0.1) is 5.76 Å². The summed E-state index contributed by atoms with van der Waals surface area (Å²) < 4.78 is 12.2. The van der Waals surface area contributed by atoms with Gasteiger partial charge >= 0.3 is 193 Å². The minimum absolute atomic E-state index is 0. The molecule has 5 rings (SSSR count). The van der Waals surface area contributed by atoms with Crippen LogP contribution in [0.25, 0.3) is 42.3 Å². The summed E-state index contributed by atoms with van der Waals surface area (Å²) in [5.74, 6) is 8.24. The fourth-order valence-electron chi connectivity index (χ4n) is 6.37. The molecule has 0 saturated carbocycles. The van der Waals surface area contributed by atoms with Crippen LogP contribution in [0.5, 0.6) is 0 Å². The molecule has 1 radical (unpaired) electrons. The van der Waals surface area contributed by atoms with Crippen molar-refractivity contribution < 1.29 is 31.4 Å². The van der Waals surface area contributed by atoms with E-state index >= 15 is 0 Å². The summed E-state index contributed by atoms with van der Waals surface area (Å²) >= 11 is -0.220. The number of thiophene rings is 1. The molecule has 0 saturated heterocycles. The van der Waals surface area contributed by atoms with Gasteiger partial charge in [-0.2, -0.15) is 0 Å². The second-order valence-corrected chi connectivity index (χ2v) is 25.2. The van der Waals surface area contributed by atoms with Crippen LogP contribution in [-0.4, -0.2) is 34.1 Å². The molecule has 1 N–H and O–H groups in total. The maximum Gasteiger partial charge on any atom is 0 e. The largest absolute Gasteiger partial charge is 0 e. The first-order chi connectivity index (χ1) is 22.2. The van der Waals surface area contributed by atoms with E-state index in [-0.39, 0.29) is 49.8 Å². The predicted octanol–water partition coefficient (Wildman–Crippen LogP) is 11.3. The zero-order valence-corrected chi connectivity index (χ0v) is 35.0. The van der Waals surface area contributed by atoms with Gasteiger partial charge in [0.2, 0.25) is 0 Å². The monoisotopic (exact) mass is 891 g/mol. The number of rotatable bonds is 10. The zero-order valence-electron chi connectivity index (χ0n) is 30.7. The molecule has 7 heteroatoms. The zero-order chi connectivity index (χ0) is 34.6. The Kier molecular flexibility index (Phi) is 13.4. The number of allylic oxidation sites excluding steroid dienone is 2. The summed E-state index contributed by atoms with van der Waals surface area (Å²) in [6, 6.07) is 18.7. The first kappa shape index (κ1) is 37.4. The maximum absolute atomic E-state index is 11.7.